The summed E-state index contributed by atoms with van der Waals surface area (Å²) in [7, 11) is 0. The van der Waals surface area contributed by atoms with Gasteiger partial charge in [0.2, 0.25) is 0 Å². The molecule has 0 fully saturated rings. The highest BCUT2D eigenvalue weighted by Crippen LogP contribution is 2.50. The van der Waals surface area contributed by atoms with E-state index in [0.29, 0.717) is 0 Å². The summed E-state index contributed by atoms with van der Waals surface area (Å²) in [5.41, 5.74) is 7.21. The average molecular weight is 322 g/mol. The van der Waals surface area contributed by atoms with Gasteiger partial charge in [-0.2, -0.15) is 0 Å². The Morgan fingerprint density at radius 2 is 1.52 bits per heavy atom. The molecule has 0 saturated heterocycles. The molecule has 0 radical (unpaired) electrons. The molecule has 1 aliphatic rings. The maximum Gasteiger partial charge on any atom is 0.0159 e. The second-order valence-corrected chi connectivity index (χ2v) is 7.72. The van der Waals surface area contributed by atoms with Gasteiger partial charge < -0.3 is 0 Å². The Hall–Kier alpha value is -2.60. The minimum atomic E-state index is 0.0688. The molecule has 0 heterocycles. The molecule has 4 aromatic rings. The van der Waals surface area contributed by atoms with Gasteiger partial charge >= 0.3 is 0 Å². The standard InChI is InChI=1S/C25H22/c1-4-16-8-7-9-17-12-13-18-14-23-21(15-20(18)24(16)17)19-10-5-6-11-22(19)25(23,2)3/h5-15H,4H2,1-3H3. The Labute approximate surface area is 149 Å². The number of rotatable bonds is 1. The third-order valence-corrected chi connectivity index (χ3v) is 6.03. The Kier molecular flexibility index (Phi) is 2.92. The van der Waals surface area contributed by atoms with Crippen molar-refractivity contribution in [2.24, 2.45) is 0 Å². The maximum absolute atomic E-state index is 2.44. The van der Waals surface area contributed by atoms with Crippen LogP contribution >= 0.6 is 0 Å². The monoisotopic (exact) mass is 322 g/mol. The molecule has 1 aliphatic carbocycles. The Morgan fingerprint density at radius 1 is 0.720 bits per heavy atom. The summed E-state index contributed by atoms with van der Waals surface area (Å²) in [5, 5.41) is 5.51. The summed E-state index contributed by atoms with van der Waals surface area (Å²) >= 11 is 0. The molecule has 0 atom stereocenters. The number of aryl methyl sites for hydroxylation is 1. The predicted octanol–water partition coefficient (Wildman–Crippen LogP) is 6.86. The second kappa shape index (κ2) is 4.95. The van der Waals surface area contributed by atoms with Crippen LogP contribution in [-0.4, -0.2) is 0 Å². The molecular weight excluding hydrogens is 300 g/mol. The van der Waals surface area contributed by atoms with Crippen molar-refractivity contribution in [2.45, 2.75) is 32.6 Å². The smallest absolute Gasteiger partial charge is 0.0159 e. The Morgan fingerprint density at radius 3 is 2.36 bits per heavy atom. The summed E-state index contributed by atoms with van der Waals surface area (Å²) < 4.78 is 0. The quantitative estimate of drug-likeness (QED) is 0.336. The van der Waals surface area contributed by atoms with Crippen LogP contribution in [0.4, 0.5) is 0 Å². The molecule has 0 amide bonds. The van der Waals surface area contributed by atoms with E-state index in [2.05, 4.69) is 87.5 Å². The summed E-state index contributed by atoms with van der Waals surface area (Å²) in [6, 6.07) is 25.0. The molecule has 0 aromatic heterocycles. The van der Waals surface area contributed by atoms with Crippen molar-refractivity contribution >= 4 is 21.5 Å². The minimum Gasteiger partial charge on any atom is -0.0619 e. The van der Waals surface area contributed by atoms with E-state index in [1.54, 1.807) is 0 Å². The molecule has 0 aliphatic heterocycles. The number of hydrogen-bond acceptors (Lipinski definition) is 0. The first-order chi connectivity index (χ1) is 12.1. The molecule has 0 bridgehead atoms. The molecule has 4 aromatic carbocycles. The van der Waals surface area contributed by atoms with Gasteiger partial charge in [-0.15, -0.1) is 0 Å². The first-order valence-electron chi connectivity index (χ1n) is 9.20. The van der Waals surface area contributed by atoms with E-state index >= 15 is 0 Å². The average Bonchev–Trinajstić information content (AvgIpc) is 2.87. The molecule has 0 heteroatoms. The molecular formula is C25H22. The molecule has 0 spiro atoms. The highest BCUT2D eigenvalue weighted by molar-refractivity contribution is 6.11. The van der Waals surface area contributed by atoms with Crippen LogP contribution in [0.25, 0.3) is 32.7 Å². The summed E-state index contributed by atoms with van der Waals surface area (Å²) in [6.45, 7) is 6.95. The van der Waals surface area contributed by atoms with Gasteiger partial charge in [0.25, 0.3) is 0 Å². The molecule has 0 saturated carbocycles. The summed E-state index contributed by atoms with van der Waals surface area (Å²) in [5.74, 6) is 0. The fourth-order valence-electron chi connectivity index (χ4n) is 4.68. The van der Waals surface area contributed by atoms with Crippen LogP contribution in [0.1, 0.15) is 37.5 Å². The van der Waals surface area contributed by atoms with Gasteiger partial charge in [0.05, 0.1) is 0 Å². The molecule has 25 heavy (non-hydrogen) atoms. The van der Waals surface area contributed by atoms with E-state index in [1.807, 2.05) is 0 Å². The van der Waals surface area contributed by atoms with Crippen LogP contribution in [0.3, 0.4) is 0 Å². The zero-order chi connectivity index (χ0) is 17.2. The lowest BCUT2D eigenvalue weighted by molar-refractivity contribution is 0.661. The van der Waals surface area contributed by atoms with Crippen LogP contribution in [0, 0.1) is 0 Å². The largest absolute Gasteiger partial charge is 0.0619 e. The van der Waals surface area contributed by atoms with Crippen molar-refractivity contribution in [3.8, 4) is 11.1 Å². The van der Waals surface area contributed by atoms with Crippen LogP contribution in [0.15, 0.2) is 66.7 Å². The third kappa shape index (κ3) is 1.88. The molecule has 0 unspecified atom stereocenters. The normalized spacial score (nSPS) is 14.7. The second-order valence-electron chi connectivity index (χ2n) is 7.72. The van der Waals surface area contributed by atoms with Crippen LogP contribution < -0.4 is 0 Å². The first kappa shape index (κ1) is 14.7. The maximum atomic E-state index is 2.44. The van der Waals surface area contributed by atoms with E-state index < -0.39 is 0 Å². The summed E-state index contributed by atoms with van der Waals surface area (Å²) in [4.78, 5) is 0. The van der Waals surface area contributed by atoms with Crippen molar-refractivity contribution in [3.05, 3.63) is 83.4 Å². The van der Waals surface area contributed by atoms with Crippen molar-refractivity contribution in [1.29, 1.82) is 0 Å². The van der Waals surface area contributed by atoms with Gasteiger partial charge in [-0.25, -0.2) is 0 Å². The summed E-state index contributed by atoms with van der Waals surface area (Å²) in [6.07, 6.45) is 1.07. The van der Waals surface area contributed by atoms with Crippen molar-refractivity contribution in [2.75, 3.05) is 0 Å². The fraction of sp³-hybridized carbons (Fsp3) is 0.200. The molecule has 0 nitrogen and oxygen atoms in total. The van der Waals surface area contributed by atoms with Crippen LogP contribution in [-0.2, 0) is 11.8 Å². The van der Waals surface area contributed by atoms with E-state index in [1.165, 1.54) is 49.4 Å². The zero-order valence-electron chi connectivity index (χ0n) is 15.1. The number of benzene rings is 4. The van der Waals surface area contributed by atoms with Crippen molar-refractivity contribution < 1.29 is 0 Å². The van der Waals surface area contributed by atoms with E-state index in [4.69, 9.17) is 0 Å². The lowest BCUT2D eigenvalue weighted by Crippen LogP contribution is -2.14. The fourth-order valence-corrected chi connectivity index (χ4v) is 4.68. The minimum absolute atomic E-state index is 0.0688. The molecule has 0 N–H and O–H groups in total. The molecule has 5 rings (SSSR count). The van der Waals surface area contributed by atoms with Gasteiger partial charge in [-0.3, -0.25) is 0 Å². The Bertz CT molecular complexity index is 1150. The van der Waals surface area contributed by atoms with Crippen molar-refractivity contribution in [3.63, 3.8) is 0 Å². The van der Waals surface area contributed by atoms with Gasteiger partial charge in [0, 0.05) is 5.41 Å². The van der Waals surface area contributed by atoms with Crippen molar-refractivity contribution in [1.82, 2.24) is 0 Å². The highest BCUT2D eigenvalue weighted by atomic mass is 14.4. The third-order valence-electron chi connectivity index (χ3n) is 6.03. The van der Waals surface area contributed by atoms with Gasteiger partial charge in [0.1, 0.15) is 0 Å². The molecule has 122 valence electrons. The topological polar surface area (TPSA) is 0 Å². The van der Waals surface area contributed by atoms with Crippen LogP contribution in [0.2, 0.25) is 0 Å². The highest BCUT2D eigenvalue weighted by Gasteiger charge is 2.35. The first-order valence-corrected chi connectivity index (χ1v) is 9.20. The Balaban J connectivity index is 1.95. The van der Waals surface area contributed by atoms with E-state index in [-0.39, 0.29) is 5.41 Å². The van der Waals surface area contributed by atoms with Crippen LogP contribution in [0.5, 0.6) is 0 Å². The SMILES string of the molecule is CCc1cccc2ccc3cc4c(cc3c12)-c1ccccc1C4(C)C. The van der Waals surface area contributed by atoms with Gasteiger partial charge in [-0.1, -0.05) is 75.4 Å². The van der Waals surface area contributed by atoms with Gasteiger partial charge in [-0.05, 0) is 67.9 Å². The number of fused-ring (bicyclic) bond motifs is 6. The van der Waals surface area contributed by atoms with Gasteiger partial charge in [0.15, 0.2) is 0 Å². The zero-order valence-corrected chi connectivity index (χ0v) is 15.1. The lowest BCUT2D eigenvalue weighted by atomic mass is 9.81. The van der Waals surface area contributed by atoms with E-state index in [9.17, 15) is 0 Å². The predicted molar refractivity (Wildman–Crippen MR) is 108 cm³/mol. The lowest BCUT2D eigenvalue weighted by Gasteiger charge is -2.22. The number of hydrogen-bond donors (Lipinski definition) is 0. The van der Waals surface area contributed by atoms with E-state index in [0.717, 1.165) is 6.42 Å².